The van der Waals surface area contributed by atoms with Gasteiger partial charge in [0.2, 0.25) is 5.82 Å². The molecule has 0 aromatic heterocycles. The predicted molar refractivity (Wildman–Crippen MR) is 60.1 cm³/mol. The Labute approximate surface area is 110 Å². The van der Waals surface area contributed by atoms with Crippen molar-refractivity contribution >= 4 is 0 Å². The zero-order chi connectivity index (χ0) is 14.9. The number of ether oxygens (including phenoxy) is 1. The van der Waals surface area contributed by atoms with Gasteiger partial charge < -0.3 is 9.84 Å². The van der Waals surface area contributed by atoms with Crippen LogP contribution in [0.2, 0.25) is 0 Å². The van der Waals surface area contributed by atoms with E-state index in [1.54, 1.807) is 0 Å². The van der Waals surface area contributed by atoms with Crippen LogP contribution in [-0.2, 0) is 0 Å². The molecule has 0 aliphatic carbocycles. The molecule has 2 rings (SSSR count). The van der Waals surface area contributed by atoms with Gasteiger partial charge in [-0.3, -0.25) is 0 Å². The first kappa shape index (κ1) is 14.1. The normalized spacial score (nSPS) is 11.4. The number of hydrogen-bond donors (Lipinski definition) is 1. The number of rotatable bonds is 2. The van der Waals surface area contributed by atoms with E-state index in [2.05, 4.69) is 4.74 Å². The van der Waals surface area contributed by atoms with E-state index in [0.29, 0.717) is 6.07 Å². The van der Waals surface area contributed by atoms with Crippen LogP contribution in [0.15, 0.2) is 36.4 Å². The summed E-state index contributed by atoms with van der Waals surface area (Å²) in [4.78, 5) is 0. The first-order chi connectivity index (χ1) is 9.28. The maximum atomic E-state index is 13.7. The van der Waals surface area contributed by atoms with Crippen LogP contribution in [0.4, 0.5) is 22.0 Å². The number of benzene rings is 2. The topological polar surface area (TPSA) is 29.5 Å². The molecule has 2 aromatic rings. The van der Waals surface area contributed by atoms with Crippen LogP contribution in [0.1, 0.15) is 0 Å². The summed E-state index contributed by atoms with van der Waals surface area (Å²) in [5.74, 6) is -4.51. The van der Waals surface area contributed by atoms with E-state index in [1.807, 2.05) is 0 Å². The van der Waals surface area contributed by atoms with E-state index in [1.165, 1.54) is 24.3 Å². The van der Waals surface area contributed by atoms with Gasteiger partial charge in [0.15, 0.2) is 11.6 Å². The summed E-state index contributed by atoms with van der Waals surface area (Å²) < 4.78 is 66.6. The Hall–Kier alpha value is -2.31. The molecule has 106 valence electrons. The molecule has 0 amide bonds. The molecule has 2 nitrogen and oxygen atoms in total. The van der Waals surface area contributed by atoms with Crippen molar-refractivity contribution in [2.45, 2.75) is 6.36 Å². The molecule has 0 aliphatic heterocycles. The summed E-state index contributed by atoms with van der Waals surface area (Å²) in [5, 5.41) is 9.09. The molecular formula is C13H7F5O2. The Balaban J connectivity index is 2.43. The molecule has 0 fully saturated rings. The van der Waals surface area contributed by atoms with E-state index in [-0.39, 0.29) is 16.9 Å². The average Bonchev–Trinajstić information content (AvgIpc) is 2.35. The van der Waals surface area contributed by atoms with Crippen LogP contribution in [0.25, 0.3) is 11.1 Å². The first-order valence-electron chi connectivity index (χ1n) is 5.31. The molecule has 2 aromatic carbocycles. The van der Waals surface area contributed by atoms with E-state index in [9.17, 15) is 22.0 Å². The maximum absolute atomic E-state index is 13.7. The monoisotopic (exact) mass is 290 g/mol. The minimum atomic E-state index is -5.10. The molecule has 7 heteroatoms. The number of phenols is 1. The van der Waals surface area contributed by atoms with Crippen LogP contribution in [-0.4, -0.2) is 11.5 Å². The molecule has 0 radical (unpaired) electrons. The van der Waals surface area contributed by atoms with Crippen molar-refractivity contribution in [1.29, 1.82) is 0 Å². The molecule has 1 N–H and O–H groups in total. The largest absolute Gasteiger partial charge is 0.573 e. The van der Waals surface area contributed by atoms with Crippen molar-refractivity contribution < 1.29 is 31.8 Å². The highest BCUT2D eigenvalue weighted by atomic mass is 19.4. The van der Waals surface area contributed by atoms with Crippen molar-refractivity contribution in [2.24, 2.45) is 0 Å². The summed E-state index contributed by atoms with van der Waals surface area (Å²) in [6, 6.07) is 6.74. The second-order valence-corrected chi connectivity index (χ2v) is 3.83. The van der Waals surface area contributed by atoms with Gasteiger partial charge in [0, 0.05) is 5.56 Å². The third-order valence-corrected chi connectivity index (χ3v) is 2.45. The fourth-order valence-corrected chi connectivity index (χ4v) is 1.60. The third-order valence-electron chi connectivity index (χ3n) is 2.45. The minimum Gasteiger partial charge on any atom is -0.508 e. The number of aromatic hydroxyl groups is 1. The zero-order valence-corrected chi connectivity index (χ0v) is 9.71. The summed E-state index contributed by atoms with van der Waals surface area (Å²) in [6.45, 7) is 0. The number of hydrogen-bond acceptors (Lipinski definition) is 2. The highest BCUT2D eigenvalue weighted by Crippen LogP contribution is 2.33. The van der Waals surface area contributed by atoms with Crippen molar-refractivity contribution in [3.8, 4) is 22.6 Å². The summed E-state index contributed by atoms with van der Waals surface area (Å²) in [6.07, 6.45) is -5.10. The van der Waals surface area contributed by atoms with Crippen LogP contribution in [0, 0.1) is 11.6 Å². The fourth-order valence-electron chi connectivity index (χ4n) is 1.60. The number of alkyl halides is 3. The molecule has 0 spiro atoms. The van der Waals surface area contributed by atoms with Crippen molar-refractivity contribution in [1.82, 2.24) is 0 Å². The zero-order valence-electron chi connectivity index (χ0n) is 9.71. The molecule has 20 heavy (non-hydrogen) atoms. The van der Waals surface area contributed by atoms with Crippen molar-refractivity contribution in [3.63, 3.8) is 0 Å². The third kappa shape index (κ3) is 2.98. The van der Waals surface area contributed by atoms with Gasteiger partial charge in [-0.15, -0.1) is 13.2 Å². The molecule has 0 saturated heterocycles. The van der Waals surface area contributed by atoms with E-state index < -0.39 is 23.7 Å². The quantitative estimate of drug-likeness (QED) is 0.838. The van der Waals surface area contributed by atoms with Crippen LogP contribution in [0.5, 0.6) is 11.5 Å². The lowest BCUT2D eigenvalue weighted by Crippen LogP contribution is -2.18. The Kier molecular flexibility index (Phi) is 3.52. The predicted octanol–water partition coefficient (Wildman–Crippen LogP) is 4.24. The second-order valence-electron chi connectivity index (χ2n) is 3.83. The lowest BCUT2D eigenvalue weighted by molar-refractivity contribution is -0.275. The molecule has 0 heterocycles. The van der Waals surface area contributed by atoms with Gasteiger partial charge in [-0.1, -0.05) is 12.1 Å². The van der Waals surface area contributed by atoms with Crippen LogP contribution < -0.4 is 4.74 Å². The van der Waals surface area contributed by atoms with Crippen molar-refractivity contribution in [2.75, 3.05) is 0 Å². The Morgan fingerprint density at radius 2 is 1.45 bits per heavy atom. The minimum absolute atomic E-state index is 0.0772. The van der Waals surface area contributed by atoms with Crippen LogP contribution >= 0.6 is 0 Å². The number of phenolic OH excluding ortho intramolecular Hbond substituents is 1. The summed E-state index contributed by atoms with van der Waals surface area (Å²) >= 11 is 0. The number of halogens is 5. The molecule has 0 atom stereocenters. The SMILES string of the molecule is Oc1ccc(-c2ccc(OC(F)(F)F)c(F)c2F)cc1. The standard InChI is InChI=1S/C13H7F5O2/c14-11-9(7-1-3-8(19)4-2-7)5-6-10(12(11)15)20-13(16,17)18/h1-6,19H. The summed E-state index contributed by atoms with van der Waals surface area (Å²) in [5.41, 5.74) is -0.0326. The first-order valence-corrected chi connectivity index (χ1v) is 5.31. The van der Waals surface area contributed by atoms with Gasteiger partial charge >= 0.3 is 6.36 Å². The van der Waals surface area contributed by atoms with Crippen LogP contribution in [0.3, 0.4) is 0 Å². The van der Waals surface area contributed by atoms with E-state index in [4.69, 9.17) is 5.11 Å². The maximum Gasteiger partial charge on any atom is 0.573 e. The molecular weight excluding hydrogens is 283 g/mol. The average molecular weight is 290 g/mol. The van der Waals surface area contributed by atoms with Gasteiger partial charge in [0.1, 0.15) is 5.75 Å². The second kappa shape index (κ2) is 4.99. The Bertz CT molecular complexity index is 620. The molecule has 0 unspecified atom stereocenters. The smallest absolute Gasteiger partial charge is 0.508 e. The Morgan fingerprint density at radius 3 is 2.00 bits per heavy atom. The van der Waals surface area contributed by atoms with Crippen molar-refractivity contribution in [3.05, 3.63) is 48.0 Å². The highest BCUT2D eigenvalue weighted by Gasteiger charge is 2.33. The van der Waals surface area contributed by atoms with E-state index in [0.717, 1.165) is 6.07 Å². The molecule has 0 saturated carbocycles. The van der Waals surface area contributed by atoms with Gasteiger partial charge in [-0.2, -0.15) is 4.39 Å². The van der Waals surface area contributed by atoms with Gasteiger partial charge in [-0.05, 0) is 29.8 Å². The summed E-state index contributed by atoms with van der Waals surface area (Å²) in [7, 11) is 0. The highest BCUT2D eigenvalue weighted by molar-refractivity contribution is 5.66. The fraction of sp³-hybridized carbons (Fsp3) is 0.0769. The Morgan fingerprint density at radius 1 is 0.850 bits per heavy atom. The lowest BCUT2D eigenvalue weighted by Gasteiger charge is -2.12. The van der Waals surface area contributed by atoms with Gasteiger partial charge in [0.25, 0.3) is 0 Å². The lowest BCUT2D eigenvalue weighted by atomic mass is 10.0. The molecule has 0 aliphatic rings. The van der Waals surface area contributed by atoms with Gasteiger partial charge in [-0.25, -0.2) is 4.39 Å². The van der Waals surface area contributed by atoms with E-state index >= 15 is 0 Å². The molecule has 0 bridgehead atoms. The van der Waals surface area contributed by atoms with Gasteiger partial charge in [0.05, 0.1) is 0 Å².